The molecule has 0 radical (unpaired) electrons. The van der Waals surface area contributed by atoms with Gasteiger partial charge in [0.15, 0.2) is 0 Å². The summed E-state index contributed by atoms with van der Waals surface area (Å²) in [5.41, 5.74) is 2.94. The van der Waals surface area contributed by atoms with Crippen LogP contribution >= 0.6 is 0 Å². The van der Waals surface area contributed by atoms with E-state index in [-0.39, 0.29) is 5.82 Å². The normalized spacial score (nSPS) is 13.5. The molecule has 0 saturated heterocycles. The first-order valence-electron chi connectivity index (χ1n) is 5.45. The summed E-state index contributed by atoms with van der Waals surface area (Å²) in [7, 11) is 0. The van der Waals surface area contributed by atoms with E-state index in [2.05, 4.69) is 11.9 Å². The maximum Gasteiger partial charge on any atom is 0.130 e. The van der Waals surface area contributed by atoms with Gasteiger partial charge in [-0.3, -0.25) is 0 Å². The van der Waals surface area contributed by atoms with Gasteiger partial charge in [0, 0.05) is 12.1 Å². The van der Waals surface area contributed by atoms with E-state index in [0.29, 0.717) is 5.56 Å². The Morgan fingerprint density at radius 1 is 1.33 bits per heavy atom. The number of nitrogens with one attached hydrogen (secondary N) is 1. The SMILES string of the molecule is C=Cc1cc2c(cc1F)CNCC2.CC. The largest absolute Gasteiger partial charge is 0.312 e. The van der Waals surface area contributed by atoms with Crippen LogP contribution in [-0.4, -0.2) is 6.54 Å². The third-order valence-corrected chi connectivity index (χ3v) is 2.43. The van der Waals surface area contributed by atoms with Crippen molar-refractivity contribution in [3.63, 3.8) is 0 Å². The van der Waals surface area contributed by atoms with E-state index in [9.17, 15) is 4.39 Å². The lowest BCUT2D eigenvalue weighted by Gasteiger charge is -2.17. The van der Waals surface area contributed by atoms with E-state index in [0.717, 1.165) is 25.1 Å². The zero-order chi connectivity index (χ0) is 11.3. The lowest BCUT2D eigenvalue weighted by molar-refractivity contribution is 0.602. The number of halogens is 1. The molecular formula is C13H18FN. The minimum atomic E-state index is -0.169. The topological polar surface area (TPSA) is 12.0 Å². The molecule has 15 heavy (non-hydrogen) atoms. The Balaban J connectivity index is 0.000000531. The molecule has 0 aliphatic carbocycles. The minimum Gasteiger partial charge on any atom is -0.312 e. The molecule has 1 aliphatic heterocycles. The van der Waals surface area contributed by atoms with Gasteiger partial charge in [-0.25, -0.2) is 4.39 Å². The zero-order valence-electron chi connectivity index (χ0n) is 9.44. The molecule has 0 atom stereocenters. The van der Waals surface area contributed by atoms with Crippen molar-refractivity contribution in [3.8, 4) is 0 Å². The Morgan fingerprint density at radius 2 is 2.07 bits per heavy atom. The predicted molar refractivity (Wildman–Crippen MR) is 63.2 cm³/mol. The van der Waals surface area contributed by atoms with Crippen LogP contribution in [0.15, 0.2) is 18.7 Å². The molecule has 1 aromatic carbocycles. The molecule has 1 N–H and O–H groups in total. The van der Waals surface area contributed by atoms with Gasteiger partial charge in [-0.05, 0) is 36.2 Å². The molecule has 0 bridgehead atoms. The highest BCUT2D eigenvalue weighted by Crippen LogP contribution is 2.19. The van der Waals surface area contributed by atoms with Crippen molar-refractivity contribution in [2.24, 2.45) is 0 Å². The van der Waals surface area contributed by atoms with Crippen LogP contribution in [0.5, 0.6) is 0 Å². The third kappa shape index (κ3) is 2.66. The zero-order valence-corrected chi connectivity index (χ0v) is 9.44. The number of hydrogen-bond acceptors (Lipinski definition) is 1. The molecule has 2 heteroatoms. The molecule has 0 amide bonds. The Kier molecular flexibility index (Phi) is 4.50. The summed E-state index contributed by atoms with van der Waals surface area (Å²) in [6, 6.07) is 3.51. The smallest absolute Gasteiger partial charge is 0.130 e. The third-order valence-electron chi connectivity index (χ3n) is 2.43. The second-order valence-electron chi connectivity index (χ2n) is 3.27. The van der Waals surface area contributed by atoms with Gasteiger partial charge < -0.3 is 5.32 Å². The van der Waals surface area contributed by atoms with Crippen LogP contribution < -0.4 is 5.32 Å². The number of hydrogen-bond donors (Lipinski definition) is 1. The van der Waals surface area contributed by atoms with E-state index < -0.39 is 0 Å². The number of fused-ring (bicyclic) bond motifs is 1. The highest BCUT2D eigenvalue weighted by molar-refractivity contribution is 5.51. The van der Waals surface area contributed by atoms with Gasteiger partial charge in [0.05, 0.1) is 0 Å². The minimum absolute atomic E-state index is 0.169. The Labute approximate surface area is 91.0 Å². The maximum absolute atomic E-state index is 13.3. The summed E-state index contributed by atoms with van der Waals surface area (Å²) < 4.78 is 13.3. The van der Waals surface area contributed by atoms with Crippen molar-refractivity contribution in [1.82, 2.24) is 5.32 Å². The van der Waals surface area contributed by atoms with Gasteiger partial charge in [0.1, 0.15) is 5.82 Å². The highest BCUT2D eigenvalue weighted by atomic mass is 19.1. The fraction of sp³-hybridized carbons (Fsp3) is 0.385. The van der Waals surface area contributed by atoms with E-state index in [1.165, 1.54) is 5.56 Å². The van der Waals surface area contributed by atoms with Gasteiger partial charge in [-0.15, -0.1) is 0 Å². The van der Waals surface area contributed by atoms with Crippen molar-refractivity contribution in [2.45, 2.75) is 26.8 Å². The fourth-order valence-electron chi connectivity index (χ4n) is 1.68. The number of rotatable bonds is 1. The molecule has 2 rings (SSSR count). The first kappa shape index (κ1) is 11.9. The summed E-state index contributed by atoms with van der Waals surface area (Å²) in [5.74, 6) is -0.169. The van der Waals surface area contributed by atoms with Gasteiger partial charge in [0.25, 0.3) is 0 Å². The summed E-state index contributed by atoms with van der Waals surface area (Å²) in [6.45, 7) is 9.35. The van der Waals surface area contributed by atoms with E-state index >= 15 is 0 Å². The number of benzene rings is 1. The van der Waals surface area contributed by atoms with E-state index in [1.807, 2.05) is 19.9 Å². The van der Waals surface area contributed by atoms with Gasteiger partial charge in [0.2, 0.25) is 0 Å². The second kappa shape index (κ2) is 5.66. The summed E-state index contributed by atoms with van der Waals surface area (Å²) in [4.78, 5) is 0. The maximum atomic E-state index is 13.3. The molecule has 0 spiro atoms. The van der Waals surface area contributed by atoms with Gasteiger partial charge in [-0.2, -0.15) is 0 Å². The van der Waals surface area contributed by atoms with Gasteiger partial charge in [-0.1, -0.05) is 26.5 Å². The van der Waals surface area contributed by atoms with Crippen LogP contribution in [0.3, 0.4) is 0 Å². The Morgan fingerprint density at radius 3 is 2.73 bits per heavy atom. The standard InChI is InChI=1S/C11H12FN.C2H6/c1-2-8-5-9-3-4-13-7-10(9)6-11(8)12;1-2/h2,5-6,13H,1,3-4,7H2;1-2H3. The second-order valence-corrected chi connectivity index (χ2v) is 3.27. The average molecular weight is 207 g/mol. The summed E-state index contributed by atoms with van der Waals surface area (Å²) >= 11 is 0. The van der Waals surface area contributed by atoms with Crippen LogP contribution in [-0.2, 0) is 13.0 Å². The highest BCUT2D eigenvalue weighted by Gasteiger charge is 2.11. The molecule has 1 heterocycles. The first-order valence-corrected chi connectivity index (χ1v) is 5.45. The van der Waals surface area contributed by atoms with Crippen LogP contribution in [0, 0.1) is 5.82 Å². The molecule has 0 unspecified atom stereocenters. The van der Waals surface area contributed by atoms with E-state index in [1.54, 1.807) is 12.1 Å². The van der Waals surface area contributed by atoms with Crippen molar-refractivity contribution < 1.29 is 4.39 Å². The monoisotopic (exact) mass is 207 g/mol. The lowest BCUT2D eigenvalue weighted by Crippen LogP contribution is -2.23. The first-order chi connectivity index (χ1) is 7.31. The molecule has 82 valence electrons. The molecule has 0 fully saturated rings. The summed E-state index contributed by atoms with van der Waals surface area (Å²) in [6.07, 6.45) is 2.55. The van der Waals surface area contributed by atoms with Crippen molar-refractivity contribution >= 4 is 6.08 Å². The molecule has 0 aromatic heterocycles. The average Bonchev–Trinajstić information content (AvgIpc) is 2.31. The fourth-order valence-corrected chi connectivity index (χ4v) is 1.68. The van der Waals surface area contributed by atoms with Gasteiger partial charge >= 0.3 is 0 Å². The van der Waals surface area contributed by atoms with Crippen LogP contribution in [0.2, 0.25) is 0 Å². The molecule has 1 aromatic rings. The van der Waals surface area contributed by atoms with Crippen LogP contribution in [0.4, 0.5) is 4.39 Å². The Hall–Kier alpha value is -1.15. The molecular weight excluding hydrogens is 189 g/mol. The quantitative estimate of drug-likeness (QED) is 0.746. The van der Waals surface area contributed by atoms with Crippen LogP contribution in [0.1, 0.15) is 30.5 Å². The molecule has 1 nitrogen and oxygen atoms in total. The summed E-state index contributed by atoms with van der Waals surface area (Å²) in [5, 5.41) is 3.21. The van der Waals surface area contributed by atoms with Crippen LogP contribution in [0.25, 0.3) is 6.08 Å². The lowest BCUT2D eigenvalue weighted by atomic mass is 9.98. The van der Waals surface area contributed by atoms with Crippen molar-refractivity contribution in [2.75, 3.05) is 6.54 Å². The van der Waals surface area contributed by atoms with Crippen molar-refractivity contribution in [1.29, 1.82) is 0 Å². The molecule has 0 saturated carbocycles. The van der Waals surface area contributed by atoms with E-state index in [4.69, 9.17) is 0 Å². The Bertz CT molecular complexity index is 345. The predicted octanol–water partition coefficient (Wildman–Crippen LogP) is 3.14. The molecule has 1 aliphatic rings. The van der Waals surface area contributed by atoms with Crippen molar-refractivity contribution in [3.05, 3.63) is 41.2 Å².